The number of quaternary nitrogens is 1. The number of rotatable bonds is 4. The second kappa shape index (κ2) is 6.46. The van der Waals surface area contributed by atoms with Gasteiger partial charge >= 0.3 is 5.91 Å². The molecule has 0 heterocycles. The highest BCUT2D eigenvalue weighted by atomic mass is 16.3. The van der Waals surface area contributed by atoms with Gasteiger partial charge in [-0.15, -0.1) is 0 Å². The minimum absolute atomic E-state index is 0.0680. The van der Waals surface area contributed by atoms with Crippen LogP contribution < -0.4 is 4.48 Å². The van der Waals surface area contributed by atoms with Gasteiger partial charge in [-0.2, -0.15) is 0 Å². The summed E-state index contributed by atoms with van der Waals surface area (Å²) < 4.78 is 0.187. The molecule has 0 aliphatic carbocycles. The summed E-state index contributed by atoms with van der Waals surface area (Å²) in [5.74, 6) is -0.00659. The first-order chi connectivity index (χ1) is 11.6. The zero-order valence-corrected chi connectivity index (χ0v) is 14.1. The molecule has 3 nitrogen and oxygen atoms in total. The Hall–Kier alpha value is -2.65. The minimum atomic E-state index is -0.0746. The number of aromatic hydroxyl groups is 1. The predicted octanol–water partition coefficient (Wildman–Crippen LogP) is 4.73. The van der Waals surface area contributed by atoms with E-state index in [1.807, 2.05) is 74.5 Å². The first-order valence-corrected chi connectivity index (χ1v) is 8.32. The number of carbonyl (C=O) groups excluding carboxylic acids is 1. The van der Waals surface area contributed by atoms with Gasteiger partial charge in [-0.25, -0.2) is 9.28 Å². The molecule has 3 heteroatoms. The van der Waals surface area contributed by atoms with Crippen molar-refractivity contribution in [1.29, 1.82) is 0 Å². The van der Waals surface area contributed by atoms with E-state index in [4.69, 9.17) is 0 Å². The molecule has 3 aromatic carbocycles. The Morgan fingerprint density at radius 3 is 2.17 bits per heavy atom. The monoisotopic (exact) mass is 320 g/mol. The fraction of sp³-hybridized carbons (Fsp3) is 0.190. The van der Waals surface area contributed by atoms with Crippen molar-refractivity contribution in [2.75, 3.05) is 13.1 Å². The van der Waals surface area contributed by atoms with Crippen molar-refractivity contribution in [3.63, 3.8) is 0 Å². The third-order valence-electron chi connectivity index (χ3n) is 4.85. The summed E-state index contributed by atoms with van der Waals surface area (Å²) in [5.41, 5.74) is 1.32. The molecule has 0 aromatic heterocycles. The number of phenolic OH excluding ortho intramolecular Hbond substituents is 1. The molecular formula is C21H22NO2+. The number of amides is 1. The second-order valence-electron chi connectivity index (χ2n) is 5.92. The van der Waals surface area contributed by atoms with E-state index in [2.05, 4.69) is 0 Å². The van der Waals surface area contributed by atoms with E-state index in [0.29, 0.717) is 24.0 Å². The number of fused-ring (bicyclic) bond motifs is 1. The Balaban J connectivity index is 2.17. The number of carbonyl (C=O) groups is 1. The second-order valence-corrected chi connectivity index (χ2v) is 5.92. The molecule has 0 fully saturated rings. The van der Waals surface area contributed by atoms with Crippen molar-refractivity contribution in [2.45, 2.75) is 13.8 Å². The third-order valence-corrected chi connectivity index (χ3v) is 4.85. The molecule has 24 heavy (non-hydrogen) atoms. The molecule has 1 N–H and O–H groups in total. The van der Waals surface area contributed by atoms with Gasteiger partial charge in [0.25, 0.3) is 0 Å². The lowest BCUT2D eigenvalue weighted by Crippen LogP contribution is -2.54. The minimum Gasteiger partial charge on any atom is -0.506 e. The van der Waals surface area contributed by atoms with Crippen LogP contribution in [0.15, 0.2) is 66.7 Å². The van der Waals surface area contributed by atoms with Gasteiger partial charge in [0.2, 0.25) is 0 Å². The van der Waals surface area contributed by atoms with E-state index in [1.54, 1.807) is 6.07 Å². The maximum absolute atomic E-state index is 13.4. The highest BCUT2D eigenvalue weighted by molar-refractivity contribution is 6.08. The molecule has 3 rings (SSSR count). The summed E-state index contributed by atoms with van der Waals surface area (Å²) in [4.78, 5) is 13.4. The van der Waals surface area contributed by atoms with Crippen molar-refractivity contribution in [2.24, 2.45) is 0 Å². The molecule has 0 saturated carbocycles. The maximum atomic E-state index is 13.4. The van der Waals surface area contributed by atoms with Crippen molar-refractivity contribution in [3.05, 3.63) is 72.3 Å². The van der Waals surface area contributed by atoms with Crippen LogP contribution in [-0.4, -0.2) is 24.1 Å². The maximum Gasteiger partial charge on any atom is 0.354 e. The molecule has 0 saturated heterocycles. The van der Waals surface area contributed by atoms with Gasteiger partial charge in [0.1, 0.15) is 17.0 Å². The summed E-state index contributed by atoms with van der Waals surface area (Å²) in [7, 11) is 0. The molecule has 0 aliphatic rings. The quantitative estimate of drug-likeness (QED) is 0.705. The van der Waals surface area contributed by atoms with Gasteiger partial charge in [-0.1, -0.05) is 48.5 Å². The largest absolute Gasteiger partial charge is 0.506 e. The molecule has 0 atom stereocenters. The SMILES string of the molecule is CC[N+](CC)(C(=O)c1ccc2ccccc2c1O)c1ccccc1. The summed E-state index contributed by atoms with van der Waals surface area (Å²) in [6.45, 7) is 5.27. The van der Waals surface area contributed by atoms with Crippen LogP contribution in [0.4, 0.5) is 5.69 Å². The summed E-state index contributed by atoms with van der Waals surface area (Å²) >= 11 is 0. The zero-order chi connectivity index (χ0) is 17.2. The van der Waals surface area contributed by atoms with Crippen molar-refractivity contribution < 1.29 is 9.90 Å². The Kier molecular flexibility index (Phi) is 4.36. The molecule has 0 unspecified atom stereocenters. The number of nitrogens with zero attached hydrogens (tertiary/aromatic N) is 1. The van der Waals surface area contributed by atoms with E-state index in [0.717, 1.165) is 11.1 Å². The molecule has 0 bridgehead atoms. The zero-order valence-electron chi connectivity index (χ0n) is 14.1. The van der Waals surface area contributed by atoms with Gasteiger partial charge in [0.15, 0.2) is 0 Å². The number of hydrogen-bond donors (Lipinski definition) is 1. The average molecular weight is 320 g/mol. The predicted molar refractivity (Wildman–Crippen MR) is 99.3 cm³/mol. The highest BCUT2D eigenvalue weighted by Crippen LogP contribution is 2.33. The van der Waals surface area contributed by atoms with Crippen LogP contribution in [0.2, 0.25) is 0 Å². The van der Waals surface area contributed by atoms with Crippen molar-refractivity contribution >= 4 is 22.4 Å². The molecule has 3 aromatic rings. The topological polar surface area (TPSA) is 37.3 Å². The van der Waals surface area contributed by atoms with Crippen molar-refractivity contribution in [3.8, 4) is 5.75 Å². The lowest BCUT2D eigenvalue weighted by Gasteiger charge is -2.33. The first-order valence-electron chi connectivity index (χ1n) is 8.32. The van der Waals surface area contributed by atoms with Crippen LogP contribution in [-0.2, 0) is 0 Å². The lowest BCUT2D eigenvalue weighted by atomic mass is 10.0. The van der Waals surface area contributed by atoms with Crippen LogP contribution in [0.5, 0.6) is 5.75 Å². The number of para-hydroxylation sites is 1. The van der Waals surface area contributed by atoms with Gasteiger partial charge in [0.05, 0.1) is 13.1 Å². The number of phenols is 1. The molecule has 0 radical (unpaired) electrons. The van der Waals surface area contributed by atoms with E-state index in [1.165, 1.54) is 0 Å². The number of benzene rings is 3. The summed E-state index contributed by atoms with van der Waals surface area (Å²) in [5, 5.41) is 12.3. The van der Waals surface area contributed by atoms with E-state index in [9.17, 15) is 9.90 Å². The van der Waals surface area contributed by atoms with Crippen LogP contribution in [0.3, 0.4) is 0 Å². The standard InChI is InChI=1S/C21H21NO2/c1-3-22(4-2,17-11-6-5-7-12-17)21(24)19-15-14-16-10-8-9-13-18(16)20(19)23/h5-15H,3-4H2,1-2H3/p+1. The Bertz CT molecular complexity index is 867. The van der Waals surface area contributed by atoms with Crippen LogP contribution >= 0.6 is 0 Å². The van der Waals surface area contributed by atoms with Gasteiger partial charge < -0.3 is 5.11 Å². The molecule has 1 amide bonds. The summed E-state index contributed by atoms with van der Waals surface area (Å²) in [6.07, 6.45) is 0. The average Bonchev–Trinajstić information content (AvgIpc) is 2.64. The Morgan fingerprint density at radius 2 is 1.50 bits per heavy atom. The van der Waals surface area contributed by atoms with Crippen LogP contribution in [0.25, 0.3) is 10.8 Å². The van der Waals surface area contributed by atoms with E-state index < -0.39 is 0 Å². The molecule has 0 spiro atoms. The molecular weight excluding hydrogens is 298 g/mol. The smallest absolute Gasteiger partial charge is 0.354 e. The number of hydrogen-bond acceptors (Lipinski definition) is 2. The van der Waals surface area contributed by atoms with Crippen LogP contribution in [0.1, 0.15) is 24.2 Å². The fourth-order valence-electron chi connectivity index (χ4n) is 3.36. The first kappa shape index (κ1) is 16.2. The lowest BCUT2D eigenvalue weighted by molar-refractivity contribution is 0.0776. The summed E-state index contributed by atoms with van der Waals surface area (Å²) in [6, 6.07) is 21.0. The Morgan fingerprint density at radius 1 is 0.875 bits per heavy atom. The van der Waals surface area contributed by atoms with Gasteiger partial charge in [0, 0.05) is 5.39 Å². The highest BCUT2D eigenvalue weighted by Gasteiger charge is 2.38. The van der Waals surface area contributed by atoms with E-state index in [-0.39, 0.29) is 16.1 Å². The van der Waals surface area contributed by atoms with Crippen molar-refractivity contribution in [1.82, 2.24) is 4.48 Å². The normalized spacial score (nSPS) is 11.6. The molecule has 122 valence electrons. The van der Waals surface area contributed by atoms with Gasteiger partial charge in [-0.3, -0.25) is 0 Å². The van der Waals surface area contributed by atoms with Crippen LogP contribution in [0, 0.1) is 0 Å². The molecule has 0 aliphatic heterocycles. The third kappa shape index (κ3) is 2.47. The van der Waals surface area contributed by atoms with E-state index >= 15 is 0 Å². The Labute approximate surface area is 142 Å². The fourth-order valence-corrected chi connectivity index (χ4v) is 3.36. The van der Waals surface area contributed by atoms with Gasteiger partial charge in [-0.05, 0) is 37.4 Å².